The average molecular weight is 207 g/mol. The fourth-order valence-electron chi connectivity index (χ4n) is 1.94. The van der Waals surface area contributed by atoms with Crippen molar-refractivity contribution in [3.63, 3.8) is 0 Å². The molecule has 14 heavy (non-hydrogen) atoms. The van der Waals surface area contributed by atoms with Gasteiger partial charge in [-0.25, -0.2) is 0 Å². The Morgan fingerprint density at radius 2 is 1.86 bits per heavy atom. The quantitative estimate of drug-likeness (QED) is 0.755. The van der Waals surface area contributed by atoms with Crippen molar-refractivity contribution in [1.82, 2.24) is 0 Å². The van der Waals surface area contributed by atoms with E-state index in [9.17, 15) is 0 Å². The number of nitrogens with one attached hydrogen (secondary N) is 1. The molecule has 2 heteroatoms. The van der Waals surface area contributed by atoms with E-state index in [-0.39, 0.29) is 0 Å². The summed E-state index contributed by atoms with van der Waals surface area (Å²) in [7, 11) is 0. The lowest BCUT2D eigenvalue weighted by Gasteiger charge is -2.06. The molecular formula is C12H17NS. The Balaban J connectivity index is 2.08. The van der Waals surface area contributed by atoms with Gasteiger partial charge in [-0.2, -0.15) is 0 Å². The molecule has 1 saturated carbocycles. The van der Waals surface area contributed by atoms with Gasteiger partial charge in [0.1, 0.15) is 0 Å². The van der Waals surface area contributed by atoms with Gasteiger partial charge in [0, 0.05) is 11.9 Å². The van der Waals surface area contributed by atoms with E-state index in [1.54, 1.807) is 11.9 Å². The zero-order chi connectivity index (χ0) is 10.2. The van der Waals surface area contributed by atoms with Crippen LogP contribution in [0, 0.1) is 5.41 Å². The molecule has 1 fully saturated rings. The zero-order valence-corrected chi connectivity index (χ0v) is 9.82. The van der Waals surface area contributed by atoms with E-state index < -0.39 is 0 Å². The van der Waals surface area contributed by atoms with E-state index in [1.165, 1.54) is 17.7 Å². The van der Waals surface area contributed by atoms with Crippen LogP contribution in [-0.4, -0.2) is 6.26 Å². The molecule has 76 valence electrons. The highest BCUT2D eigenvalue weighted by atomic mass is 32.2. The van der Waals surface area contributed by atoms with Gasteiger partial charge >= 0.3 is 0 Å². The Labute approximate surface area is 90.4 Å². The van der Waals surface area contributed by atoms with Crippen molar-refractivity contribution < 1.29 is 0 Å². The van der Waals surface area contributed by atoms with Crippen molar-refractivity contribution >= 4 is 17.6 Å². The first-order valence-corrected chi connectivity index (χ1v) is 6.25. The molecule has 0 aromatic heterocycles. The van der Waals surface area contributed by atoms with Crippen LogP contribution in [0.25, 0.3) is 0 Å². The zero-order valence-electron chi connectivity index (χ0n) is 9.00. The lowest BCUT2D eigenvalue weighted by Crippen LogP contribution is -1.90. The topological polar surface area (TPSA) is 12.0 Å². The summed E-state index contributed by atoms with van der Waals surface area (Å²) < 4.78 is 3.23. The molecule has 1 unspecified atom stereocenters. The number of benzene rings is 1. The Bertz CT molecular complexity index is 316. The van der Waals surface area contributed by atoms with E-state index in [0.29, 0.717) is 5.41 Å². The largest absolute Gasteiger partial charge is 0.330 e. The van der Waals surface area contributed by atoms with Gasteiger partial charge in [0.15, 0.2) is 0 Å². The molecule has 1 N–H and O–H groups in total. The normalized spacial score (nSPS) is 23.2. The van der Waals surface area contributed by atoms with Gasteiger partial charge in [0.2, 0.25) is 0 Å². The second-order valence-corrected chi connectivity index (χ2v) is 5.29. The minimum Gasteiger partial charge on any atom is -0.330 e. The number of hydrogen-bond acceptors (Lipinski definition) is 2. The maximum atomic E-state index is 3.23. The van der Waals surface area contributed by atoms with Crippen molar-refractivity contribution in [2.75, 3.05) is 11.0 Å². The Morgan fingerprint density at radius 3 is 2.29 bits per heavy atom. The first kappa shape index (κ1) is 9.91. The van der Waals surface area contributed by atoms with Crippen molar-refractivity contribution in [3.05, 3.63) is 29.8 Å². The number of rotatable bonds is 3. The summed E-state index contributed by atoms with van der Waals surface area (Å²) in [5.41, 5.74) is 3.22. The molecule has 0 heterocycles. The minimum absolute atomic E-state index is 0.536. The standard InChI is InChI=1S/C12H17NS/c1-12(2)8-11(12)9-4-6-10(7-5-9)13-14-3/h4-7,11,13H,8H2,1-3H3. The summed E-state index contributed by atoms with van der Waals surface area (Å²) in [5, 5.41) is 0. The maximum Gasteiger partial charge on any atom is 0.0440 e. The van der Waals surface area contributed by atoms with Gasteiger partial charge in [-0.1, -0.05) is 37.9 Å². The summed E-state index contributed by atoms with van der Waals surface area (Å²) >= 11 is 1.63. The van der Waals surface area contributed by atoms with E-state index in [1.807, 2.05) is 6.26 Å². The average Bonchev–Trinajstić information content (AvgIpc) is 2.77. The molecule has 0 amide bonds. The first-order chi connectivity index (χ1) is 6.63. The highest BCUT2D eigenvalue weighted by molar-refractivity contribution is 7.99. The lowest BCUT2D eigenvalue weighted by atomic mass is 10.0. The summed E-state index contributed by atoms with van der Waals surface area (Å²) in [6.07, 6.45) is 3.38. The van der Waals surface area contributed by atoms with Crippen LogP contribution in [0.5, 0.6) is 0 Å². The Kier molecular flexibility index (Phi) is 2.48. The van der Waals surface area contributed by atoms with Gasteiger partial charge in [-0.15, -0.1) is 0 Å². The molecule has 0 aliphatic heterocycles. The molecular weight excluding hydrogens is 190 g/mol. The second-order valence-electron chi connectivity index (χ2n) is 4.67. The van der Waals surface area contributed by atoms with Crippen molar-refractivity contribution in [2.45, 2.75) is 26.2 Å². The molecule has 1 nitrogen and oxygen atoms in total. The van der Waals surface area contributed by atoms with E-state index in [4.69, 9.17) is 0 Å². The fraction of sp³-hybridized carbons (Fsp3) is 0.500. The fourth-order valence-corrected chi connectivity index (χ4v) is 2.31. The smallest absolute Gasteiger partial charge is 0.0440 e. The van der Waals surface area contributed by atoms with Crippen LogP contribution in [0.3, 0.4) is 0 Å². The van der Waals surface area contributed by atoms with Gasteiger partial charge in [0.25, 0.3) is 0 Å². The predicted octanol–water partition coefficient (Wildman–Crippen LogP) is 3.89. The van der Waals surface area contributed by atoms with Crippen LogP contribution in [-0.2, 0) is 0 Å². The first-order valence-electron chi connectivity index (χ1n) is 5.02. The molecule has 1 aromatic carbocycles. The Hall–Kier alpha value is -0.630. The molecule has 1 aromatic rings. The van der Waals surface area contributed by atoms with Crippen molar-refractivity contribution in [1.29, 1.82) is 0 Å². The van der Waals surface area contributed by atoms with E-state index >= 15 is 0 Å². The molecule has 1 atom stereocenters. The van der Waals surface area contributed by atoms with E-state index in [0.717, 1.165) is 5.92 Å². The molecule has 2 rings (SSSR count). The van der Waals surface area contributed by atoms with Gasteiger partial charge < -0.3 is 4.72 Å². The predicted molar refractivity (Wildman–Crippen MR) is 64.7 cm³/mol. The van der Waals surface area contributed by atoms with Crippen LogP contribution in [0.1, 0.15) is 31.7 Å². The van der Waals surface area contributed by atoms with Crippen LogP contribution < -0.4 is 4.72 Å². The summed E-state index contributed by atoms with van der Waals surface area (Å²) in [5.74, 6) is 0.783. The van der Waals surface area contributed by atoms with E-state index in [2.05, 4.69) is 42.8 Å². The maximum absolute atomic E-state index is 3.23. The van der Waals surface area contributed by atoms with Crippen LogP contribution in [0.2, 0.25) is 0 Å². The van der Waals surface area contributed by atoms with Gasteiger partial charge in [-0.3, -0.25) is 0 Å². The van der Waals surface area contributed by atoms with Gasteiger partial charge in [0.05, 0.1) is 0 Å². The third kappa shape index (κ3) is 1.90. The summed E-state index contributed by atoms with van der Waals surface area (Å²) in [4.78, 5) is 0. The highest BCUT2D eigenvalue weighted by Gasteiger charge is 2.46. The van der Waals surface area contributed by atoms with Crippen LogP contribution in [0.4, 0.5) is 5.69 Å². The molecule has 0 bridgehead atoms. The van der Waals surface area contributed by atoms with Crippen LogP contribution >= 0.6 is 11.9 Å². The summed E-state index contributed by atoms with van der Waals surface area (Å²) in [6.45, 7) is 4.68. The lowest BCUT2D eigenvalue weighted by molar-refractivity contribution is 0.622. The molecule has 0 radical (unpaired) electrons. The minimum atomic E-state index is 0.536. The summed E-state index contributed by atoms with van der Waals surface area (Å²) in [6, 6.07) is 8.83. The number of hydrogen-bond donors (Lipinski definition) is 1. The van der Waals surface area contributed by atoms with Gasteiger partial charge in [-0.05, 0) is 35.4 Å². The molecule has 1 aliphatic carbocycles. The monoisotopic (exact) mass is 207 g/mol. The molecule has 1 aliphatic rings. The second kappa shape index (κ2) is 3.50. The van der Waals surface area contributed by atoms with Crippen molar-refractivity contribution in [2.24, 2.45) is 5.41 Å². The molecule has 0 spiro atoms. The highest BCUT2D eigenvalue weighted by Crippen LogP contribution is 2.58. The SMILES string of the molecule is CSNc1ccc(C2CC2(C)C)cc1. The van der Waals surface area contributed by atoms with Crippen LogP contribution in [0.15, 0.2) is 24.3 Å². The third-order valence-corrected chi connectivity index (χ3v) is 3.49. The van der Waals surface area contributed by atoms with Crippen molar-refractivity contribution in [3.8, 4) is 0 Å². The molecule has 0 saturated heterocycles. The number of anilines is 1. The third-order valence-electron chi connectivity index (χ3n) is 3.05. The Morgan fingerprint density at radius 1 is 1.29 bits per heavy atom.